The Hall–Kier alpha value is -0.940. The molecule has 0 saturated carbocycles. The second-order valence-corrected chi connectivity index (χ2v) is 9.37. The van der Waals surface area contributed by atoms with Crippen LogP contribution in [0.3, 0.4) is 0 Å². The third-order valence-electron chi connectivity index (χ3n) is 2.95. The van der Waals surface area contributed by atoms with Gasteiger partial charge in [-0.15, -0.1) is 0 Å². The van der Waals surface area contributed by atoms with E-state index in [0.717, 1.165) is 0 Å². The van der Waals surface area contributed by atoms with E-state index in [2.05, 4.69) is 12.1 Å². The van der Waals surface area contributed by atoms with Crippen molar-refractivity contribution in [2.45, 2.75) is 33.0 Å². The SMILES string of the molecule is CCP(=S)(OC(C#N)c1ccc(Cl)cc1)OC(C#N)C(C)C. The number of benzene rings is 1. The summed E-state index contributed by atoms with van der Waals surface area (Å²) in [5.74, 6) is -0.00135. The highest BCUT2D eigenvalue weighted by Crippen LogP contribution is 2.53. The maximum Gasteiger partial charge on any atom is 0.191 e. The number of rotatable bonds is 7. The summed E-state index contributed by atoms with van der Waals surface area (Å²) >= 11 is 11.3. The first-order chi connectivity index (χ1) is 10.3. The van der Waals surface area contributed by atoms with Gasteiger partial charge in [-0.1, -0.05) is 44.5 Å². The van der Waals surface area contributed by atoms with Crippen molar-refractivity contribution < 1.29 is 9.05 Å². The van der Waals surface area contributed by atoms with Gasteiger partial charge in [0, 0.05) is 11.2 Å². The second kappa shape index (κ2) is 8.63. The highest BCUT2D eigenvalue weighted by atomic mass is 35.5. The quantitative estimate of drug-likeness (QED) is 0.655. The van der Waals surface area contributed by atoms with Crippen molar-refractivity contribution in [2.24, 2.45) is 5.92 Å². The fourth-order valence-electron chi connectivity index (χ4n) is 1.60. The Labute approximate surface area is 141 Å². The molecule has 1 aromatic rings. The Bertz CT molecular complexity index is 622. The Morgan fingerprint density at radius 2 is 1.77 bits per heavy atom. The number of halogens is 1. The van der Waals surface area contributed by atoms with Crippen LogP contribution in [-0.4, -0.2) is 12.3 Å². The molecule has 4 nitrogen and oxygen atoms in total. The van der Waals surface area contributed by atoms with E-state index in [9.17, 15) is 5.26 Å². The molecule has 3 atom stereocenters. The van der Waals surface area contributed by atoms with Crippen molar-refractivity contribution in [2.75, 3.05) is 6.16 Å². The summed E-state index contributed by atoms with van der Waals surface area (Å²) < 4.78 is 11.5. The van der Waals surface area contributed by atoms with Crippen molar-refractivity contribution in [3.8, 4) is 12.1 Å². The Balaban J connectivity index is 2.95. The molecule has 0 bridgehead atoms. The molecule has 0 aliphatic heterocycles. The van der Waals surface area contributed by atoms with Gasteiger partial charge in [0.25, 0.3) is 0 Å². The van der Waals surface area contributed by atoms with Crippen molar-refractivity contribution in [1.82, 2.24) is 0 Å². The van der Waals surface area contributed by atoms with Gasteiger partial charge < -0.3 is 9.05 Å². The number of hydrogen-bond acceptors (Lipinski definition) is 5. The minimum Gasteiger partial charge on any atom is -0.310 e. The summed E-state index contributed by atoms with van der Waals surface area (Å²) in [4.78, 5) is 0. The lowest BCUT2D eigenvalue weighted by Gasteiger charge is -2.27. The summed E-state index contributed by atoms with van der Waals surface area (Å²) in [5.41, 5.74) is 0.663. The van der Waals surface area contributed by atoms with E-state index >= 15 is 0 Å². The molecule has 3 unspecified atom stereocenters. The van der Waals surface area contributed by atoms with E-state index < -0.39 is 18.7 Å². The molecule has 7 heteroatoms. The van der Waals surface area contributed by atoms with Gasteiger partial charge >= 0.3 is 0 Å². The molecule has 0 amide bonds. The molecule has 0 spiro atoms. The highest BCUT2D eigenvalue weighted by molar-refractivity contribution is 8.09. The van der Waals surface area contributed by atoms with Crippen LogP contribution in [0.15, 0.2) is 24.3 Å². The molecule has 1 aromatic carbocycles. The second-order valence-electron chi connectivity index (χ2n) is 4.99. The van der Waals surface area contributed by atoms with Gasteiger partial charge in [-0.3, -0.25) is 0 Å². The fourth-order valence-corrected chi connectivity index (χ4v) is 3.74. The molecule has 0 radical (unpaired) electrons. The fraction of sp³-hybridized carbons (Fsp3) is 0.467. The zero-order valence-electron chi connectivity index (χ0n) is 12.7. The summed E-state index contributed by atoms with van der Waals surface area (Å²) in [7, 11) is 0. The molecular weight excluding hydrogens is 339 g/mol. The summed E-state index contributed by atoms with van der Waals surface area (Å²) in [6.07, 6.45) is -1.04. The van der Waals surface area contributed by atoms with Gasteiger partial charge in [-0.05, 0) is 35.4 Å². The first kappa shape index (κ1) is 19.1. The zero-order chi connectivity index (χ0) is 16.8. The van der Waals surface area contributed by atoms with Crippen LogP contribution in [0.5, 0.6) is 0 Å². The van der Waals surface area contributed by atoms with Gasteiger partial charge in [0.15, 0.2) is 18.7 Å². The van der Waals surface area contributed by atoms with Gasteiger partial charge in [-0.2, -0.15) is 10.5 Å². The lowest BCUT2D eigenvalue weighted by Crippen LogP contribution is -2.18. The van der Waals surface area contributed by atoms with Crippen LogP contribution < -0.4 is 0 Å². The monoisotopic (exact) mass is 356 g/mol. The molecular formula is C15H18ClN2O2PS. The standard InChI is InChI=1S/C15H18ClN2O2PS/c1-4-21(22,19-14(9-17)11(2)3)20-15(10-18)12-5-7-13(16)8-6-12/h5-8,11,14-15H,4H2,1-3H3. The van der Waals surface area contributed by atoms with Crippen molar-refractivity contribution in [3.05, 3.63) is 34.9 Å². The molecule has 0 aromatic heterocycles. The van der Waals surface area contributed by atoms with Crippen molar-refractivity contribution in [1.29, 1.82) is 10.5 Å². The molecule has 0 heterocycles. The maximum atomic E-state index is 9.35. The summed E-state index contributed by atoms with van der Waals surface area (Å²) in [6, 6.07) is 11.0. The van der Waals surface area contributed by atoms with Gasteiger partial charge in [0.05, 0.1) is 12.1 Å². The predicted molar refractivity (Wildman–Crippen MR) is 91.0 cm³/mol. The van der Waals surface area contributed by atoms with E-state index in [1.54, 1.807) is 24.3 Å². The van der Waals surface area contributed by atoms with E-state index in [1.165, 1.54) is 0 Å². The van der Waals surface area contributed by atoms with Crippen LogP contribution >= 0.6 is 18.1 Å². The number of nitrogens with zero attached hydrogens (tertiary/aromatic N) is 2. The molecule has 118 valence electrons. The van der Waals surface area contributed by atoms with Crippen LogP contribution in [0.25, 0.3) is 0 Å². The third-order valence-corrected chi connectivity index (χ3v) is 6.35. The summed E-state index contributed by atoms with van der Waals surface area (Å²) in [5, 5.41) is 19.1. The van der Waals surface area contributed by atoms with Crippen molar-refractivity contribution >= 4 is 29.9 Å². The van der Waals surface area contributed by atoms with Crippen LogP contribution in [0.4, 0.5) is 0 Å². The van der Waals surface area contributed by atoms with Crippen molar-refractivity contribution in [3.63, 3.8) is 0 Å². The van der Waals surface area contributed by atoms with Gasteiger partial charge in [-0.25, -0.2) is 0 Å². The van der Waals surface area contributed by atoms with Gasteiger partial charge in [0.2, 0.25) is 0 Å². The van der Waals surface area contributed by atoms with Gasteiger partial charge in [0.1, 0.15) is 0 Å². The van der Waals surface area contributed by atoms with E-state index in [1.807, 2.05) is 20.8 Å². The Morgan fingerprint density at radius 1 is 1.18 bits per heavy atom. The minimum atomic E-state index is -2.72. The maximum absolute atomic E-state index is 9.35. The molecule has 0 fully saturated rings. The van der Waals surface area contributed by atoms with Crippen LogP contribution in [0.2, 0.25) is 5.02 Å². The molecule has 1 rings (SSSR count). The topological polar surface area (TPSA) is 66.0 Å². The Morgan fingerprint density at radius 3 is 2.18 bits per heavy atom. The zero-order valence-corrected chi connectivity index (χ0v) is 15.2. The first-order valence-corrected chi connectivity index (χ1v) is 10.1. The van der Waals surface area contributed by atoms with E-state index in [4.69, 9.17) is 37.7 Å². The smallest absolute Gasteiger partial charge is 0.191 e. The largest absolute Gasteiger partial charge is 0.310 e. The lowest BCUT2D eigenvalue weighted by atomic mass is 10.1. The predicted octanol–water partition coefficient (Wildman–Crippen LogP) is 4.82. The first-order valence-electron chi connectivity index (χ1n) is 6.85. The van der Waals surface area contributed by atoms with E-state index in [-0.39, 0.29) is 5.92 Å². The summed E-state index contributed by atoms with van der Waals surface area (Å²) in [6.45, 7) is 2.88. The molecule has 22 heavy (non-hydrogen) atoms. The van der Waals surface area contributed by atoms with E-state index in [0.29, 0.717) is 16.7 Å². The number of nitriles is 2. The molecule has 0 N–H and O–H groups in total. The minimum absolute atomic E-state index is 0.00135. The molecule has 0 aliphatic carbocycles. The highest BCUT2D eigenvalue weighted by Gasteiger charge is 2.28. The normalized spacial score (nSPS) is 16.3. The van der Waals surface area contributed by atoms with Crippen LogP contribution in [0.1, 0.15) is 32.4 Å². The average Bonchev–Trinajstić information content (AvgIpc) is 2.51. The molecule has 0 aliphatic rings. The van der Waals surface area contributed by atoms with Crippen LogP contribution in [-0.2, 0) is 20.9 Å². The van der Waals surface area contributed by atoms with Crippen LogP contribution in [0, 0.1) is 28.6 Å². The third kappa shape index (κ3) is 5.36. The Kier molecular flexibility index (Phi) is 7.49. The molecule has 0 saturated heterocycles. The average molecular weight is 357 g/mol. The lowest BCUT2D eigenvalue weighted by molar-refractivity contribution is 0.164. The number of hydrogen-bond donors (Lipinski definition) is 0.